The van der Waals surface area contributed by atoms with E-state index in [9.17, 15) is 10.2 Å². The zero-order chi connectivity index (χ0) is 13.9. The van der Waals surface area contributed by atoms with Crippen molar-refractivity contribution in [1.29, 1.82) is 0 Å². The molecule has 0 saturated carbocycles. The minimum atomic E-state index is -0.764. The van der Waals surface area contributed by atoms with Gasteiger partial charge in [0.2, 0.25) is 0 Å². The van der Waals surface area contributed by atoms with E-state index in [-0.39, 0.29) is 24.4 Å². The maximum absolute atomic E-state index is 10.1. The van der Waals surface area contributed by atoms with Gasteiger partial charge in [0.25, 0.3) is 0 Å². The molecule has 1 unspecified atom stereocenters. The van der Waals surface area contributed by atoms with Crippen LogP contribution in [0.5, 0.6) is 5.75 Å². The Morgan fingerprint density at radius 1 is 1.33 bits per heavy atom. The van der Waals surface area contributed by atoms with Crippen molar-refractivity contribution in [3.05, 3.63) is 29.3 Å². The lowest BCUT2D eigenvalue weighted by Crippen LogP contribution is -2.41. The van der Waals surface area contributed by atoms with Gasteiger partial charge in [0.15, 0.2) is 7.98 Å². The van der Waals surface area contributed by atoms with Gasteiger partial charge < -0.3 is 20.1 Å². The van der Waals surface area contributed by atoms with Crippen molar-refractivity contribution in [3.63, 3.8) is 0 Å². The molecule has 5 heteroatoms. The molecule has 0 heterocycles. The molecule has 0 aromatic heterocycles. The van der Waals surface area contributed by atoms with Gasteiger partial charge in [-0.1, -0.05) is 6.07 Å². The minimum Gasteiger partial charge on any atom is -0.508 e. The van der Waals surface area contributed by atoms with Crippen LogP contribution >= 0.6 is 0 Å². The molecule has 0 bridgehead atoms. The van der Waals surface area contributed by atoms with Gasteiger partial charge in [0.1, 0.15) is 5.75 Å². The van der Waals surface area contributed by atoms with Crippen LogP contribution in [-0.2, 0) is 6.61 Å². The fraction of sp³-hybridized carbons (Fsp3) is 0.538. The second-order valence-electron chi connectivity index (χ2n) is 5.39. The highest BCUT2D eigenvalue weighted by molar-refractivity contribution is 6.04. The largest absolute Gasteiger partial charge is 0.508 e. The number of aliphatic hydroxyl groups excluding tert-OH is 2. The van der Waals surface area contributed by atoms with Crippen molar-refractivity contribution < 1.29 is 15.3 Å². The Morgan fingerprint density at radius 2 is 1.94 bits per heavy atom. The Bertz CT molecular complexity index is 404. The van der Waals surface area contributed by atoms with Crippen molar-refractivity contribution in [2.24, 2.45) is 0 Å². The molecular weight excluding hydrogens is 229 g/mol. The van der Waals surface area contributed by atoms with Gasteiger partial charge in [-0.05, 0) is 38.5 Å². The predicted octanol–water partition coefficient (Wildman–Crippen LogP) is 1.10. The molecule has 0 aliphatic heterocycles. The van der Waals surface area contributed by atoms with Gasteiger partial charge in [-0.3, -0.25) is 0 Å². The second-order valence-corrected chi connectivity index (χ2v) is 5.39. The molecule has 2 radical (unpaired) electrons. The number of benzene rings is 1. The molecule has 0 spiro atoms. The summed E-state index contributed by atoms with van der Waals surface area (Å²) in [5.41, 5.74) is 0.778. The average molecular weight is 249 g/mol. The Morgan fingerprint density at radius 3 is 2.44 bits per heavy atom. The van der Waals surface area contributed by atoms with Gasteiger partial charge in [0.05, 0.1) is 12.7 Å². The van der Waals surface area contributed by atoms with E-state index in [1.165, 1.54) is 6.07 Å². The number of aromatic hydroxyl groups is 1. The minimum absolute atomic E-state index is 0.0221. The number of nitrogens with zero attached hydrogens (tertiary/aromatic N) is 1. The average Bonchev–Trinajstić information content (AvgIpc) is 2.28. The number of hydrogen-bond donors (Lipinski definition) is 3. The number of rotatable bonds is 4. The smallest absolute Gasteiger partial charge is 0.183 e. The molecule has 1 atom stereocenters. The topological polar surface area (TPSA) is 63.9 Å². The summed E-state index contributed by atoms with van der Waals surface area (Å²) in [5.74, 6) is 0.0221. The van der Waals surface area contributed by atoms with Crippen LogP contribution in [0.25, 0.3) is 0 Å². The van der Waals surface area contributed by atoms with Gasteiger partial charge >= 0.3 is 0 Å². The zero-order valence-electron chi connectivity index (χ0n) is 11.1. The van der Waals surface area contributed by atoms with Crippen LogP contribution in [0.3, 0.4) is 0 Å². The van der Waals surface area contributed by atoms with Crippen LogP contribution in [0.1, 0.15) is 38.0 Å². The standard InChI is InChI=1S/C13H20BNO3/c1-13(2,3)15(14)7-12(18)9-4-5-11(17)10(6-9)8-16/h4-6,12,16-18H,7-8H2,1-3H3. The lowest BCUT2D eigenvalue weighted by molar-refractivity contribution is 0.117. The molecule has 0 aliphatic rings. The quantitative estimate of drug-likeness (QED) is 0.699. The normalized spacial score (nSPS) is 13.9. The molecule has 0 saturated heterocycles. The predicted molar refractivity (Wildman–Crippen MR) is 71.2 cm³/mol. The van der Waals surface area contributed by atoms with Gasteiger partial charge in [-0.2, -0.15) is 0 Å². The third-order valence-corrected chi connectivity index (χ3v) is 2.89. The SMILES string of the molecule is [B]N(CC(O)c1ccc(O)c(CO)c1)C(C)(C)C. The second kappa shape index (κ2) is 5.74. The summed E-state index contributed by atoms with van der Waals surface area (Å²) < 4.78 is 0. The Labute approximate surface area is 109 Å². The van der Waals surface area contributed by atoms with Crippen molar-refractivity contribution in [1.82, 2.24) is 4.81 Å². The highest BCUT2D eigenvalue weighted by atomic mass is 16.3. The van der Waals surface area contributed by atoms with Crippen molar-refractivity contribution in [2.75, 3.05) is 6.54 Å². The first-order chi connectivity index (χ1) is 8.25. The van der Waals surface area contributed by atoms with E-state index < -0.39 is 6.10 Å². The molecule has 0 fully saturated rings. The summed E-state index contributed by atoms with van der Waals surface area (Å²) in [6, 6.07) is 4.66. The summed E-state index contributed by atoms with van der Waals surface area (Å²) in [5, 5.41) is 28.6. The number of β-amino-alcohol motifs (C(OH)–C–C–N with tert-alkyl or cyclic N) is 1. The van der Waals surface area contributed by atoms with Crippen molar-refractivity contribution in [2.45, 2.75) is 39.0 Å². The lowest BCUT2D eigenvalue weighted by Gasteiger charge is -2.34. The van der Waals surface area contributed by atoms with Crippen LogP contribution in [-0.4, -0.2) is 40.2 Å². The molecule has 4 nitrogen and oxygen atoms in total. The molecule has 1 aromatic rings. The van der Waals surface area contributed by atoms with Gasteiger partial charge in [-0.25, -0.2) is 0 Å². The summed E-state index contributed by atoms with van der Waals surface area (Å²) >= 11 is 0. The fourth-order valence-electron chi connectivity index (χ4n) is 1.50. The maximum Gasteiger partial charge on any atom is 0.183 e. The Kier molecular flexibility index (Phi) is 4.79. The molecular formula is C13H20BNO3. The van der Waals surface area contributed by atoms with Crippen LogP contribution in [0, 0.1) is 0 Å². The summed E-state index contributed by atoms with van der Waals surface area (Å²) in [6.07, 6.45) is -0.764. The van der Waals surface area contributed by atoms with Crippen molar-refractivity contribution >= 4 is 7.98 Å². The Balaban J connectivity index is 2.81. The molecule has 1 aromatic carbocycles. The zero-order valence-corrected chi connectivity index (χ0v) is 11.1. The summed E-state index contributed by atoms with van der Waals surface area (Å²) in [7, 11) is 5.86. The first kappa shape index (κ1) is 15.0. The van der Waals surface area contributed by atoms with Crippen LogP contribution in [0.15, 0.2) is 18.2 Å². The first-order valence-electron chi connectivity index (χ1n) is 5.88. The molecule has 0 amide bonds. The van der Waals surface area contributed by atoms with E-state index in [0.29, 0.717) is 11.1 Å². The van der Waals surface area contributed by atoms with Gasteiger partial charge in [0, 0.05) is 17.6 Å². The summed E-state index contributed by atoms with van der Waals surface area (Å²) in [4.78, 5) is 1.56. The highest BCUT2D eigenvalue weighted by Crippen LogP contribution is 2.24. The Hall–Kier alpha value is -1.04. The molecule has 18 heavy (non-hydrogen) atoms. The fourth-order valence-corrected chi connectivity index (χ4v) is 1.50. The maximum atomic E-state index is 10.1. The third-order valence-electron chi connectivity index (χ3n) is 2.89. The van der Waals surface area contributed by atoms with E-state index >= 15 is 0 Å². The number of hydrogen-bond acceptors (Lipinski definition) is 4. The molecule has 0 aliphatic carbocycles. The number of phenols is 1. The number of aliphatic hydroxyl groups is 2. The van der Waals surface area contributed by atoms with Gasteiger partial charge in [-0.15, -0.1) is 0 Å². The molecule has 98 valence electrons. The summed E-state index contributed by atoms with van der Waals surface area (Å²) in [6.45, 7) is 5.87. The van der Waals surface area contributed by atoms with E-state index in [0.717, 1.165) is 0 Å². The monoisotopic (exact) mass is 249 g/mol. The van der Waals surface area contributed by atoms with Crippen LogP contribution in [0.4, 0.5) is 0 Å². The van der Waals surface area contributed by atoms with E-state index in [1.54, 1.807) is 16.9 Å². The molecule has 3 N–H and O–H groups in total. The van der Waals surface area contributed by atoms with E-state index in [1.807, 2.05) is 20.8 Å². The van der Waals surface area contributed by atoms with Crippen LogP contribution < -0.4 is 0 Å². The lowest BCUT2D eigenvalue weighted by atomic mass is 9.98. The highest BCUT2D eigenvalue weighted by Gasteiger charge is 2.20. The molecule has 1 rings (SSSR count). The van der Waals surface area contributed by atoms with Crippen molar-refractivity contribution in [3.8, 4) is 5.75 Å². The first-order valence-corrected chi connectivity index (χ1v) is 5.88. The van der Waals surface area contributed by atoms with E-state index in [4.69, 9.17) is 13.1 Å². The third kappa shape index (κ3) is 3.73. The van der Waals surface area contributed by atoms with E-state index in [2.05, 4.69) is 0 Å². The van der Waals surface area contributed by atoms with Crippen LogP contribution in [0.2, 0.25) is 0 Å².